The van der Waals surface area contributed by atoms with Crippen molar-refractivity contribution < 1.29 is 0 Å². The molecule has 0 bridgehead atoms. The first-order valence-corrected chi connectivity index (χ1v) is 21.8. The normalized spacial score (nSPS) is 14.6. The van der Waals surface area contributed by atoms with Crippen LogP contribution >= 0.6 is 0 Å². The van der Waals surface area contributed by atoms with Crippen LogP contribution in [0.5, 0.6) is 0 Å². The molecule has 1 atom stereocenters. The van der Waals surface area contributed by atoms with Crippen LogP contribution < -0.4 is 5.32 Å². The van der Waals surface area contributed by atoms with E-state index >= 15 is 0 Å². The second-order valence-electron chi connectivity index (χ2n) is 16.4. The van der Waals surface area contributed by atoms with Crippen molar-refractivity contribution in [3.05, 3.63) is 258 Å². The zero-order valence-electron chi connectivity index (χ0n) is 34.8. The Hall–Kier alpha value is -8.58. The quantitative estimate of drug-likeness (QED) is 0.126. The number of hydrogen-bond acceptors (Lipinski definition) is 3. The lowest BCUT2D eigenvalue weighted by atomic mass is 9.88. The number of allylic oxidation sites excluding steroid dienone is 2. The van der Waals surface area contributed by atoms with E-state index in [9.17, 15) is 0 Å². The highest BCUT2D eigenvalue weighted by Crippen LogP contribution is 2.40. The van der Waals surface area contributed by atoms with E-state index in [1.54, 1.807) is 0 Å². The molecule has 64 heavy (non-hydrogen) atoms. The van der Waals surface area contributed by atoms with E-state index in [-0.39, 0.29) is 6.17 Å². The maximum absolute atomic E-state index is 5.13. The molecule has 10 aromatic rings. The Morgan fingerprint density at radius 3 is 1.62 bits per heavy atom. The number of nitrogens with one attached hydrogen (secondary N) is 1. The van der Waals surface area contributed by atoms with Gasteiger partial charge >= 0.3 is 0 Å². The molecule has 0 radical (unpaired) electrons. The van der Waals surface area contributed by atoms with E-state index in [1.807, 2.05) is 24.3 Å². The summed E-state index contributed by atoms with van der Waals surface area (Å²) < 4.78 is 0. The van der Waals surface area contributed by atoms with Gasteiger partial charge in [0.25, 0.3) is 0 Å². The molecule has 1 N–H and O–H groups in total. The summed E-state index contributed by atoms with van der Waals surface area (Å²) in [6.07, 6.45) is 3.92. The Kier molecular flexibility index (Phi) is 9.13. The number of rotatable bonds is 7. The molecule has 12 rings (SSSR count). The Bertz CT molecular complexity index is 3660. The fraction of sp³-hybridized carbons (Fsp3) is 0.0164. The summed E-state index contributed by atoms with van der Waals surface area (Å²) in [6, 6.07) is 75.7. The molecular weight excluding hydrogens is 775 g/mol. The van der Waals surface area contributed by atoms with Crippen molar-refractivity contribution in [2.24, 2.45) is 9.98 Å². The fourth-order valence-corrected chi connectivity index (χ4v) is 9.39. The highest BCUT2D eigenvalue weighted by Gasteiger charge is 2.23. The van der Waals surface area contributed by atoms with Crippen LogP contribution in [0.3, 0.4) is 0 Å². The van der Waals surface area contributed by atoms with Crippen molar-refractivity contribution in [3.63, 3.8) is 0 Å². The lowest BCUT2D eigenvalue weighted by Crippen LogP contribution is -2.33. The molecule has 0 fully saturated rings. The van der Waals surface area contributed by atoms with Crippen LogP contribution in [0.25, 0.3) is 82.0 Å². The minimum absolute atomic E-state index is 0.318. The largest absolute Gasteiger partial charge is 0.344 e. The van der Waals surface area contributed by atoms with E-state index in [2.05, 4.69) is 217 Å². The lowest BCUT2D eigenvalue weighted by Gasteiger charge is -2.24. The SMILES string of the molecule is C1=C=C(c2ccc3ccccc3c2-c2ccc(-c3ccc4c5ccccc5c5ccccc5c4c3)cc2)C=CC=1C1=NC(c2cccc(-c3ccccc3)c2)=NC(c2ccccc2)N1. The van der Waals surface area contributed by atoms with Crippen molar-refractivity contribution in [2.45, 2.75) is 6.17 Å². The molecule has 0 saturated carbocycles. The van der Waals surface area contributed by atoms with Gasteiger partial charge in [0, 0.05) is 11.1 Å². The summed E-state index contributed by atoms with van der Waals surface area (Å²) in [5, 5.41) is 13.7. The number of nitrogens with zero attached hydrogens (tertiary/aromatic N) is 2. The minimum atomic E-state index is -0.318. The Morgan fingerprint density at radius 1 is 0.375 bits per heavy atom. The molecular formula is C61H39N3. The zero-order chi connectivity index (χ0) is 42.4. The number of amidine groups is 2. The molecule has 2 aliphatic rings. The number of aliphatic imine (C=N–C) groups is 2. The van der Waals surface area contributed by atoms with E-state index in [1.165, 1.54) is 59.8 Å². The first kappa shape index (κ1) is 37.2. The van der Waals surface area contributed by atoms with Crippen molar-refractivity contribution in [1.29, 1.82) is 0 Å². The highest BCUT2D eigenvalue weighted by molar-refractivity contribution is 6.25. The smallest absolute Gasteiger partial charge is 0.159 e. The third-order valence-corrected chi connectivity index (χ3v) is 12.6. The number of fused-ring (bicyclic) bond motifs is 7. The predicted molar refractivity (Wildman–Crippen MR) is 269 cm³/mol. The topological polar surface area (TPSA) is 36.8 Å². The molecule has 1 aliphatic carbocycles. The van der Waals surface area contributed by atoms with Crippen LogP contribution in [0.2, 0.25) is 0 Å². The van der Waals surface area contributed by atoms with Gasteiger partial charge in [-0.2, -0.15) is 0 Å². The Balaban J connectivity index is 0.934. The van der Waals surface area contributed by atoms with E-state index in [4.69, 9.17) is 9.98 Å². The Morgan fingerprint density at radius 2 is 0.906 bits per heavy atom. The van der Waals surface area contributed by atoms with Gasteiger partial charge in [-0.05, 0) is 112 Å². The van der Waals surface area contributed by atoms with Crippen LogP contribution in [-0.4, -0.2) is 11.7 Å². The van der Waals surface area contributed by atoms with Crippen LogP contribution in [0.4, 0.5) is 0 Å². The van der Waals surface area contributed by atoms with Crippen molar-refractivity contribution >= 4 is 60.3 Å². The molecule has 0 saturated heterocycles. The average molecular weight is 814 g/mol. The van der Waals surface area contributed by atoms with Gasteiger partial charge in [-0.25, -0.2) is 9.98 Å². The summed E-state index contributed by atoms with van der Waals surface area (Å²) in [7, 11) is 0. The van der Waals surface area contributed by atoms with Gasteiger partial charge in [0.05, 0.1) is 5.57 Å². The summed E-state index contributed by atoms with van der Waals surface area (Å²) in [4.78, 5) is 10.3. The number of hydrogen-bond donors (Lipinski definition) is 1. The predicted octanol–water partition coefficient (Wildman–Crippen LogP) is 15.1. The van der Waals surface area contributed by atoms with Crippen molar-refractivity contribution in [2.75, 3.05) is 0 Å². The van der Waals surface area contributed by atoms with Gasteiger partial charge in [-0.3, -0.25) is 0 Å². The number of benzene rings is 10. The third kappa shape index (κ3) is 6.66. The van der Waals surface area contributed by atoms with E-state index in [0.717, 1.165) is 44.5 Å². The second kappa shape index (κ2) is 15.7. The lowest BCUT2D eigenvalue weighted by molar-refractivity contribution is 0.674. The minimum Gasteiger partial charge on any atom is -0.344 e. The monoisotopic (exact) mass is 813 g/mol. The summed E-state index contributed by atoms with van der Waals surface area (Å²) in [5.74, 6) is 1.37. The summed E-state index contributed by atoms with van der Waals surface area (Å²) in [5.41, 5.74) is 18.9. The van der Waals surface area contributed by atoms with Crippen molar-refractivity contribution in [1.82, 2.24) is 5.32 Å². The molecule has 0 spiro atoms. The highest BCUT2D eigenvalue weighted by atomic mass is 15.2. The van der Waals surface area contributed by atoms with E-state index < -0.39 is 0 Å². The first-order valence-electron chi connectivity index (χ1n) is 21.8. The molecule has 10 aromatic carbocycles. The van der Waals surface area contributed by atoms with Gasteiger partial charge in [-0.1, -0.05) is 212 Å². The standard InChI is InChI=1S/C61H39N3/c1-3-14-40(15-4-1)47-19-13-20-49(38-47)61-63-59(45-17-5-2-6-18-45)62-60(64-61)46-32-28-43(29-33-46)51-36-34-42-16-7-8-21-50(42)58(51)44-30-26-41(27-31-44)48-35-37-56-54-24-10-9-22-52(54)53-23-11-12-25-55(53)57(56)39-48/h1-28,30-32,34-39,59H,(H,62,63,64). The molecule has 0 aromatic heterocycles. The maximum Gasteiger partial charge on any atom is 0.159 e. The van der Waals surface area contributed by atoms with Gasteiger partial charge in [0.2, 0.25) is 0 Å². The van der Waals surface area contributed by atoms with Gasteiger partial charge < -0.3 is 5.32 Å². The van der Waals surface area contributed by atoms with Crippen LogP contribution in [-0.2, 0) is 0 Å². The van der Waals surface area contributed by atoms with E-state index in [0.29, 0.717) is 11.7 Å². The third-order valence-electron chi connectivity index (χ3n) is 12.6. The average Bonchev–Trinajstić information content (AvgIpc) is 3.39. The molecule has 1 heterocycles. The van der Waals surface area contributed by atoms with Crippen LogP contribution in [0.1, 0.15) is 22.9 Å². The molecule has 3 nitrogen and oxygen atoms in total. The first-order chi connectivity index (χ1) is 31.7. The fourth-order valence-electron chi connectivity index (χ4n) is 9.39. The van der Waals surface area contributed by atoms with Gasteiger partial charge in [0.1, 0.15) is 12.0 Å². The van der Waals surface area contributed by atoms with Gasteiger partial charge in [-0.15, -0.1) is 0 Å². The van der Waals surface area contributed by atoms with Crippen LogP contribution in [0, 0.1) is 0 Å². The van der Waals surface area contributed by atoms with Crippen LogP contribution in [0.15, 0.2) is 251 Å². The maximum atomic E-state index is 5.13. The Labute approximate surface area is 371 Å². The van der Waals surface area contributed by atoms with Gasteiger partial charge in [0.15, 0.2) is 5.84 Å². The molecule has 1 unspecified atom stereocenters. The van der Waals surface area contributed by atoms with Crippen molar-refractivity contribution in [3.8, 4) is 33.4 Å². The second-order valence-corrected chi connectivity index (χ2v) is 16.4. The molecule has 3 heteroatoms. The molecule has 1 aliphatic heterocycles. The molecule has 0 amide bonds. The summed E-state index contributed by atoms with van der Waals surface area (Å²) >= 11 is 0. The molecule has 298 valence electrons. The zero-order valence-corrected chi connectivity index (χ0v) is 34.8. The summed E-state index contributed by atoms with van der Waals surface area (Å²) in [6.45, 7) is 0.